The number of rotatable bonds is 5. The lowest BCUT2D eigenvalue weighted by atomic mass is 10.1. The maximum Gasteiger partial charge on any atom is 0.142 e. The van der Waals surface area contributed by atoms with Gasteiger partial charge >= 0.3 is 0 Å². The summed E-state index contributed by atoms with van der Waals surface area (Å²) in [5.41, 5.74) is 7.13. The van der Waals surface area contributed by atoms with Crippen molar-refractivity contribution in [2.24, 2.45) is 5.73 Å². The molecule has 4 nitrogen and oxygen atoms in total. The van der Waals surface area contributed by atoms with Crippen LogP contribution in [0.5, 0.6) is 0 Å². The van der Waals surface area contributed by atoms with Gasteiger partial charge in [-0.15, -0.1) is 0 Å². The van der Waals surface area contributed by atoms with Crippen molar-refractivity contribution in [3.63, 3.8) is 0 Å². The number of hydrogen-bond donors (Lipinski definition) is 2. The second-order valence-corrected chi connectivity index (χ2v) is 4.08. The normalized spacial score (nSPS) is 11.1. The predicted octanol–water partition coefficient (Wildman–Crippen LogP) is 1.60. The maximum absolute atomic E-state index is 7.48. The molecule has 0 aliphatic heterocycles. The fourth-order valence-corrected chi connectivity index (χ4v) is 1.69. The van der Waals surface area contributed by atoms with Crippen LogP contribution >= 0.6 is 0 Å². The van der Waals surface area contributed by atoms with Gasteiger partial charge in [-0.05, 0) is 32.0 Å². The molecule has 0 spiro atoms. The summed E-state index contributed by atoms with van der Waals surface area (Å²) in [7, 11) is 0. The van der Waals surface area contributed by atoms with Crippen LogP contribution in [0.25, 0.3) is 0 Å². The van der Waals surface area contributed by atoms with Crippen LogP contribution in [0, 0.1) is 5.41 Å². The fourth-order valence-electron chi connectivity index (χ4n) is 1.69. The first-order valence-corrected chi connectivity index (χ1v) is 5.58. The van der Waals surface area contributed by atoms with Gasteiger partial charge in [-0.2, -0.15) is 0 Å². The molecule has 1 aromatic heterocycles. The summed E-state index contributed by atoms with van der Waals surface area (Å²) >= 11 is 0. The molecule has 0 aliphatic rings. The predicted molar refractivity (Wildman–Crippen MR) is 66.5 cm³/mol. The van der Waals surface area contributed by atoms with Gasteiger partial charge in [-0.25, -0.2) is 0 Å². The number of nitrogens with one attached hydrogen (secondary N) is 1. The third-order valence-electron chi connectivity index (χ3n) is 2.66. The van der Waals surface area contributed by atoms with Crippen LogP contribution in [-0.4, -0.2) is 28.3 Å². The van der Waals surface area contributed by atoms with E-state index in [1.807, 2.05) is 12.1 Å². The number of nitrogen functional groups attached to an aromatic ring is 1. The Kier molecular flexibility index (Phi) is 4.43. The topological polar surface area (TPSA) is 66.0 Å². The summed E-state index contributed by atoms with van der Waals surface area (Å²) in [4.78, 5) is 6.46. The first kappa shape index (κ1) is 12.6. The van der Waals surface area contributed by atoms with Crippen LogP contribution in [0.3, 0.4) is 0 Å². The van der Waals surface area contributed by atoms with E-state index in [0.717, 1.165) is 18.7 Å². The van der Waals surface area contributed by atoms with Crippen molar-refractivity contribution in [2.45, 2.75) is 33.4 Å². The number of nitrogens with zero attached hydrogens (tertiary/aromatic N) is 2. The van der Waals surface area contributed by atoms with Crippen molar-refractivity contribution >= 4 is 5.84 Å². The standard InChI is InChI=1S/C12H20N4/c1-4-16(9(2)3)8-10-6-5-7-15-11(10)12(13)14/h5-7,9H,4,8H2,1-3H3,(H3,13,14). The van der Waals surface area contributed by atoms with Crippen LogP contribution in [0.4, 0.5) is 0 Å². The van der Waals surface area contributed by atoms with E-state index >= 15 is 0 Å². The molecular formula is C12H20N4. The van der Waals surface area contributed by atoms with Gasteiger partial charge in [0.05, 0.1) is 0 Å². The SMILES string of the molecule is CCN(Cc1cccnc1C(=N)N)C(C)C. The fraction of sp³-hybridized carbons (Fsp3) is 0.500. The molecule has 16 heavy (non-hydrogen) atoms. The van der Waals surface area contributed by atoms with Gasteiger partial charge in [0.25, 0.3) is 0 Å². The average molecular weight is 220 g/mol. The highest BCUT2D eigenvalue weighted by Gasteiger charge is 2.12. The number of hydrogen-bond acceptors (Lipinski definition) is 3. The van der Waals surface area contributed by atoms with Gasteiger partial charge < -0.3 is 5.73 Å². The minimum atomic E-state index is 0.0374. The van der Waals surface area contributed by atoms with Gasteiger partial charge in [-0.3, -0.25) is 15.3 Å². The molecule has 4 heteroatoms. The van der Waals surface area contributed by atoms with E-state index < -0.39 is 0 Å². The maximum atomic E-state index is 7.48. The van der Waals surface area contributed by atoms with Crippen LogP contribution in [0.15, 0.2) is 18.3 Å². The summed E-state index contributed by atoms with van der Waals surface area (Å²) in [6.45, 7) is 8.21. The lowest BCUT2D eigenvalue weighted by molar-refractivity contribution is 0.224. The zero-order chi connectivity index (χ0) is 12.1. The summed E-state index contributed by atoms with van der Waals surface area (Å²) < 4.78 is 0. The minimum Gasteiger partial charge on any atom is -0.382 e. The van der Waals surface area contributed by atoms with E-state index in [1.54, 1.807) is 6.20 Å². The highest BCUT2D eigenvalue weighted by molar-refractivity contribution is 5.94. The van der Waals surface area contributed by atoms with Crippen LogP contribution in [0.1, 0.15) is 32.0 Å². The van der Waals surface area contributed by atoms with Crippen molar-refractivity contribution in [2.75, 3.05) is 6.54 Å². The lowest BCUT2D eigenvalue weighted by Crippen LogP contribution is -2.31. The van der Waals surface area contributed by atoms with Crippen LogP contribution < -0.4 is 5.73 Å². The summed E-state index contributed by atoms with van der Waals surface area (Å²) in [6, 6.07) is 4.34. The molecule has 0 atom stereocenters. The average Bonchev–Trinajstić information content (AvgIpc) is 2.25. The Hall–Kier alpha value is -1.42. The Bertz CT molecular complexity index is 360. The second kappa shape index (κ2) is 5.61. The van der Waals surface area contributed by atoms with Gasteiger partial charge in [0.15, 0.2) is 0 Å². The Balaban J connectivity index is 2.91. The number of amidine groups is 1. The van der Waals surface area contributed by atoms with Crippen molar-refractivity contribution < 1.29 is 0 Å². The first-order valence-electron chi connectivity index (χ1n) is 5.58. The minimum absolute atomic E-state index is 0.0374. The third-order valence-corrected chi connectivity index (χ3v) is 2.66. The Morgan fingerprint density at radius 2 is 2.25 bits per heavy atom. The van der Waals surface area contributed by atoms with Crippen molar-refractivity contribution in [1.82, 2.24) is 9.88 Å². The number of aromatic nitrogens is 1. The summed E-state index contributed by atoms with van der Waals surface area (Å²) in [5, 5.41) is 7.48. The van der Waals surface area contributed by atoms with E-state index in [4.69, 9.17) is 11.1 Å². The van der Waals surface area contributed by atoms with E-state index in [9.17, 15) is 0 Å². The van der Waals surface area contributed by atoms with Crippen molar-refractivity contribution in [3.05, 3.63) is 29.6 Å². The molecular weight excluding hydrogens is 200 g/mol. The first-order chi connectivity index (χ1) is 7.56. The molecule has 0 aromatic carbocycles. The van der Waals surface area contributed by atoms with E-state index in [1.165, 1.54) is 0 Å². The lowest BCUT2D eigenvalue weighted by Gasteiger charge is -2.25. The van der Waals surface area contributed by atoms with Gasteiger partial charge in [0.2, 0.25) is 0 Å². The molecule has 0 bridgehead atoms. The van der Waals surface area contributed by atoms with E-state index in [-0.39, 0.29) is 5.84 Å². The molecule has 0 unspecified atom stereocenters. The molecule has 0 fully saturated rings. The summed E-state index contributed by atoms with van der Waals surface area (Å²) in [5.74, 6) is 0.0374. The smallest absolute Gasteiger partial charge is 0.142 e. The van der Waals surface area contributed by atoms with E-state index in [0.29, 0.717) is 11.7 Å². The molecule has 0 radical (unpaired) electrons. The highest BCUT2D eigenvalue weighted by Crippen LogP contribution is 2.10. The molecule has 1 rings (SSSR count). The third kappa shape index (κ3) is 3.03. The Labute approximate surface area is 97.0 Å². The van der Waals surface area contributed by atoms with Crippen molar-refractivity contribution in [1.29, 1.82) is 5.41 Å². The number of nitrogens with two attached hydrogens (primary N) is 1. The highest BCUT2D eigenvalue weighted by atomic mass is 15.1. The van der Waals surface area contributed by atoms with E-state index in [2.05, 4.69) is 30.7 Å². The van der Waals surface area contributed by atoms with Gasteiger partial charge in [0, 0.05) is 18.8 Å². The molecule has 0 saturated carbocycles. The number of pyridine rings is 1. The Morgan fingerprint density at radius 3 is 2.75 bits per heavy atom. The Morgan fingerprint density at radius 1 is 1.56 bits per heavy atom. The molecule has 88 valence electrons. The monoisotopic (exact) mass is 220 g/mol. The molecule has 1 heterocycles. The summed E-state index contributed by atoms with van der Waals surface area (Å²) in [6.07, 6.45) is 1.67. The molecule has 1 aromatic rings. The van der Waals surface area contributed by atoms with Crippen LogP contribution in [0.2, 0.25) is 0 Å². The molecule has 0 aliphatic carbocycles. The second-order valence-electron chi connectivity index (χ2n) is 4.08. The quantitative estimate of drug-likeness (QED) is 0.585. The van der Waals surface area contributed by atoms with Gasteiger partial charge in [0.1, 0.15) is 11.5 Å². The van der Waals surface area contributed by atoms with Gasteiger partial charge in [-0.1, -0.05) is 13.0 Å². The molecule has 3 N–H and O–H groups in total. The largest absolute Gasteiger partial charge is 0.382 e. The zero-order valence-corrected chi connectivity index (χ0v) is 10.2. The zero-order valence-electron chi connectivity index (χ0n) is 10.2. The molecule has 0 saturated heterocycles. The van der Waals surface area contributed by atoms with Crippen molar-refractivity contribution in [3.8, 4) is 0 Å². The van der Waals surface area contributed by atoms with Crippen LogP contribution in [-0.2, 0) is 6.54 Å². The molecule has 0 amide bonds.